The third-order valence-corrected chi connectivity index (χ3v) is 7.34. The van der Waals surface area contributed by atoms with Gasteiger partial charge in [-0.3, -0.25) is 10.2 Å². The summed E-state index contributed by atoms with van der Waals surface area (Å²) in [7, 11) is 0. The molecule has 3 aliphatic heterocycles. The molecule has 0 saturated carbocycles. The Balaban J connectivity index is 1.25. The molecule has 2 bridgehead atoms. The minimum atomic E-state index is -4.53. The molecule has 1 N–H and O–H groups in total. The van der Waals surface area contributed by atoms with E-state index >= 15 is 0 Å². The van der Waals surface area contributed by atoms with Crippen LogP contribution in [-0.4, -0.2) is 65.2 Å². The molecule has 0 aliphatic carbocycles. The monoisotopic (exact) mass is 590 g/mol. The quantitative estimate of drug-likeness (QED) is 0.423. The Morgan fingerprint density at radius 3 is 2.83 bits per heavy atom. The van der Waals surface area contributed by atoms with Crippen LogP contribution >= 0.6 is 11.6 Å². The van der Waals surface area contributed by atoms with Crippen LogP contribution in [0, 0.1) is 0 Å². The molecule has 1 unspecified atom stereocenters. The molecule has 0 radical (unpaired) electrons. The van der Waals surface area contributed by atoms with Gasteiger partial charge in [0, 0.05) is 24.8 Å². The number of fused-ring (bicyclic) bond motifs is 4. The van der Waals surface area contributed by atoms with Crippen LogP contribution < -0.4 is 19.9 Å². The third kappa shape index (κ3) is 5.61. The van der Waals surface area contributed by atoms with Crippen molar-refractivity contribution in [3.8, 4) is 17.3 Å². The first-order chi connectivity index (χ1) is 19.5. The zero-order valence-corrected chi connectivity index (χ0v) is 22.9. The first-order valence-corrected chi connectivity index (χ1v) is 13.4. The van der Waals surface area contributed by atoms with Gasteiger partial charge in [-0.15, -0.1) is 0 Å². The molecule has 5 heterocycles. The van der Waals surface area contributed by atoms with Gasteiger partial charge in [-0.2, -0.15) is 18.2 Å². The fourth-order valence-electron chi connectivity index (χ4n) is 5.19. The standard InChI is InChI=1S/C27H26ClF3N6O4/c1-26(2)40-14-18(41-26)13-39-24-32-8-6-21(33-24)34-25(38)37-17-7-9-36(12-17)20-11-19(28)22(35-23(20)37)15-4-3-5-16(10-15)27(29,30)31/h3-6,8,10-11,17-18H,7,9,12-14H2,1-2H3,(H,32,33,34,38)/t17-,18?/m0/s1. The maximum Gasteiger partial charge on any atom is 0.416 e. The Morgan fingerprint density at radius 1 is 1.24 bits per heavy atom. The molecule has 0 spiro atoms. The summed E-state index contributed by atoms with van der Waals surface area (Å²) < 4.78 is 57.0. The van der Waals surface area contributed by atoms with E-state index in [2.05, 4.69) is 25.2 Å². The van der Waals surface area contributed by atoms with Crippen molar-refractivity contribution in [2.45, 2.75) is 44.4 Å². The van der Waals surface area contributed by atoms with Crippen molar-refractivity contribution >= 4 is 35.0 Å². The van der Waals surface area contributed by atoms with E-state index in [9.17, 15) is 18.0 Å². The predicted octanol–water partition coefficient (Wildman–Crippen LogP) is 5.37. The number of rotatable bonds is 5. The number of carbonyl (C=O) groups excluding carboxylic acids is 1. The number of carbonyl (C=O) groups is 1. The summed E-state index contributed by atoms with van der Waals surface area (Å²) in [6.45, 7) is 5.41. The lowest BCUT2D eigenvalue weighted by Gasteiger charge is -2.36. The van der Waals surface area contributed by atoms with Gasteiger partial charge in [0.15, 0.2) is 11.6 Å². The van der Waals surface area contributed by atoms with Crippen LogP contribution in [0.1, 0.15) is 25.8 Å². The van der Waals surface area contributed by atoms with E-state index in [4.69, 9.17) is 25.8 Å². The van der Waals surface area contributed by atoms with Crippen molar-refractivity contribution in [3.63, 3.8) is 0 Å². The van der Waals surface area contributed by atoms with Crippen molar-refractivity contribution in [1.82, 2.24) is 15.0 Å². The van der Waals surface area contributed by atoms with E-state index in [1.54, 1.807) is 6.07 Å². The summed E-state index contributed by atoms with van der Waals surface area (Å²) in [6.07, 6.45) is -2.68. The van der Waals surface area contributed by atoms with E-state index in [-0.39, 0.29) is 46.9 Å². The maximum atomic E-state index is 13.6. The van der Waals surface area contributed by atoms with Gasteiger partial charge in [0.25, 0.3) is 0 Å². The number of aromatic nitrogens is 3. The molecule has 216 valence electrons. The summed E-state index contributed by atoms with van der Waals surface area (Å²) in [5.41, 5.74) is 0.152. The number of urea groups is 1. The molecule has 2 aromatic heterocycles. The smallest absolute Gasteiger partial charge is 0.416 e. The first-order valence-electron chi connectivity index (χ1n) is 13.0. The highest BCUT2D eigenvalue weighted by Crippen LogP contribution is 2.43. The van der Waals surface area contributed by atoms with Crippen LogP contribution in [0.2, 0.25) is 5.02 Å². The fraction of sp³-hybridized carbons (Fsp3) is 0.407. The maximum absolute atomic E-state index is 13.6. The number of hydrogen-bond acceptors (Lipinski definition) is 8. The minimum Gasteiger partial charge on any atom is -0.461 e. The number of alkyl halides is 3. The summed E-state index contributed by atoms with van der Waals surface area (Å²) in [6, 6.07) is 7.31. The lowest BCUT2D eigenvalue weighted by Crippen LogP contribution is -2.48. The number of nitrogens with zero attached hydrogens (tertiary/aromatic N) is 5. The van der Waals surface area contributed by atoms with E-state index in [1.165, 1.54) is 29.3 Å². The summed E-state index contributed by atoms with van der Waals surface area (Å²) >= 11 is 6.53. The highest BCUT2D eigenvalue weighted by Gasteiger charge is 2.41. The van der Waals surface area contributed by atoms with Crippen LogP contribution in [-0.2, 0) is 15.7 Å². The zero-order chi connectivity index (χ0) is 28.9. The molecule has 6 rings (SSSR count). The molecule has 3 aliphatic rings. The largest absolute Gasteiger partial charge is 0.461 e. The topological polar surface area (TPSA) is 102 Å². The molecule has 2 atom stereocenters. The molecule has 2 amide bonds. The van der Waals surface area contributed by atoms with Crippen LogP contribution in [0.25, 0.3) is 11.3 Å². The zero-order valence-electron chi connectivity index (χ0n) is 22.1. The van der Waals surface area contributed by atoms with Crippen LogP contribution in [0.5, 0.6) is 6.01 Å². The summed E-state index contributed by atoms with van der Waals surface area (Å²) in [5.74, 6) is -0.178. The number of nitrogens with one attached hydrogen (secondary N) is 1. The third-order valence-electron chi connectivity index (χ3n) is 7.05. The molecule has 2 fully saturated rings. The normalized spacial score (nSPS) is 21.1. The van der Waals surface area contributed by atoms with E-state index in [1.807, 2.05) is 13.8 Å². The van der Waals surface area contributed by atoms with Crippen LogP contribution in [0.15, 0.2) is 42.6 Å². The molecular weight excluding hydrogens is 565 g/mol. The average molecular weight is 591 g/mol. The van der Waals surface area contributed by atoms with Crippen LogP contribution in [0.4, 0.5) is 35.3 Å². The second kappa shape index (κ2) is 10.3. The molecule has 41 heavy (non-hydrogen) atoms. The summed E-state index contributed by atoms with van der Waals surface area (Å²) in [4.78, 5) is 30.2. The Morgan fingerprint density at radius 2 is 2.07 bits per heavy atom. The number of halogens is 4. The molecule has 14 heteroatoms. The van der Waals surface area contributed by atoms with Gasteiger partial charge in [0.1, 0.15) is 18.5 Å². The number of amides is 2. The van der Waals surface area contributed by atoms with Crippen LogP contribution in [0.3, 0.4) is 0 Å². The lowest BCUT2D eigenvalue weighted by atomic mass is 10.1. The fourth-order valence-corrected chi connectivity index (χ4v) is 5.45. The number of benzene rings is 1. The van der Waals surface area contributed by atoms with Crippen molar-refractivity contribution in [3.05, 3.63) is 53.2 Å². The molecule has 10 nitrogen and oxygen atoms in total. The Hall–Kier alpha value is -3.68. The van der Waals surface area contributed by atoms with Gasteiger partial charge in [0.2, 0.25) is 0 Å². The van der Waals surface area contributed by atoms with E-state index in [0.717, 1.165) is 12.1 Å². The molecule has 1 aromatic carbocycles. The molecule has 2 saturated heterocycles. The van der Waals surface area contributed by atoms with E-state index < -0.39 is 23.6 Å². The lowest BCUT2D eigenvalue weighted by molar-refractivity contribution is -0.141. The van der Waals surface area contributed by atoms with Gasteiger partial charge in [-0.25, -0.2) is 14.8 Å². The van der Waals surface area contributed by atoms with Gasteiger partial charge >= 0.3 is 18.2 Å². The molecule has 3 aromatic rings. The average Bonchev–Trinajstić information content (AvgIpc) is 3.50. The highest BCUT2D eigenvalue weighted by molar-refractivity contribution is 6.33. The second-order valence-electron chi connectivity index (χ2n) is 10.4. The van der Waals surface area contributed by atoms with Crippen molar-refractivity contribution in [2.24, 2.45) is 0 Å². The van der Waals surface area contributed by atoms with E-state index in [0.29, 0.717) is 37.6 Å². The number of hydrogen-bond donors (Lipinski definition) is 1. The van der Waals surface area contributed by atoms with Gasteiger partial charge in [-0.05, 0) is 44.5 Å². The number of anilines is 3. The number of ether oxygens (including phenoxy) is 3. The number of pyridine rings is 1. The predicted molar refractivity (Wildman–Crippen MR) is 144 cm³/mol. The Bertz CT molecular complexity index is 1490. The SMILES string of the molecule is CC1(C)OCC(COc2nccc(NC(=O)N3c4nc(-c5cccc(C(F)(F)F)c5)c(Cl)cc4N4CC[C@H]3C4)n2)O1. The van der Waals surface area contributed by atoms with Gasteiger partial charge in [-0.1, -0.05) is 23.7 Å². The van der Waals surface area contributed by atoms with Crippen molar-refractivity contribution in [1.29, 1.82) is 0 Å². The highest BCUT2D eigenvalue weighted by atomic mass is 35.5. The van der Waals surface area contributed by atoms with Gasteiger partial charge in [0.05, 0.1) is 34.6 Å². The van der Waals surface area contributed by atoms with Gasteiger partial charge < -0.3 is 19.1 Å². The molecular formula is C27H26ClF3N6O4. The van der Waals surface area contributed by atoms with Crippen molar-refractivity contribution < 1.29 is 32.2 Å². The minimum absolute atomic E-state index is 0.0546. The van der Waals surface area contributed by atoms with Crippen molar-refractivity contribution in [2.75, 3.05) is 41.4 Å². The first kappa shape index (κ1) is 27.5. The Labute approximate surface area is 238 Å². The summed E-state index contributed by atoms with van der Waals surface area (Å²) in [5, 5.41) is 2.97. The Kier molecular flexibility index (Phi) is 6.91. The second-order valence-corrected chi connectivity index (χ2v) is 10.8.